The summed E-state index contributed by atoms with van der Waals surface area (Å²) in [6, 6.07) is 1.99. The SMILES string of the molecule is CC(C)(C)OC(=O)NCc1cc(CN)cs1. The maximum absolute atomic E-state index is 11.4. The minimum atomic E-state index is -0.456. The van der Waals surface area contributed by atoms with Gasteiger partial charge in [-0.05, 0) is 37.8 Å². The summed E-state index contributed by atoms with van der Waals surface area (Å²) in [5.41, 5.74) is 6.13. The zero-order chi connectivity index (χ0) is 12.2. The van der Waals surface area contributed by atoms with E-state index in [9.17, 15) is 4.79 Å². The summed E-state index contributed by atoms with van der Waals surface area (Å²) in [5, 5.41) is 4.69. The Labute approximate surface area is 99.8 Å². The first-order valence-corrected chi connectivity index (χ1v) is 6.02. The number of carbonyl (C=O) groups excluding carboxylic acids is 1. The molecule has 1 heterocycles. The molecule has 0 aromatic carbocycles. The summed E-state index contributed by atoms with van der Waals surface area (Å²) in [6.07, 6.45) is -0.393. The molecule has 0 atom stereocenters. The number of alkyl carbamates (subject to hydrolysis) is 1. The van der Waals surface area contributed by atoms with E-state index in [-0.39, 0.29) is 0 Å². The van der Waals surface area contributed by atoms with Crippen LogP contribution in [0.25, 0.3) is 0 Å². The number of nitrogens with two attached hydrogens (primary N) is 1. The van der Waals surface area contributed by atoms with E-state index in [4.69, 9.17) is 10.5 Å². The number of amides is 1. The van der Waals surface area contributed by atoms with Crippen LogP contribution in [0.4, 0.5) is 4.79 Å². The Balaban J connectivity index is 2.37. The van der Waals surface area contributed by atoms with Crippen molar-refractivity contribution in [3.05, 3.63) is 21.9 Å². The minimum Gasteiger partial charge on any atom is -0.444 e. The van der Waals surface area contributed by atoms with Gasteiger partial charge in [-0.15, -0.1) is 11.3 Å². The Kier molecular flexibility index (Phi) is 4.32. The van der Waals surface area contributed by atoms with Gasteiger partial charge in [0.15, 0.2) is 0 Å². The van der Waals surface area contributed by atoms with Gasteiger partial charge in [0.25, 0.3) is 0 Å². The van der Waals surface area contributed by atoms with Crippen LogP contribution >= 0.6 is 11.3 Å². The van der Waals surface area contributed by atoms with Gasteiger partial charge < -0.3 is 15.8 Å². The predicted octanol–water partition coefficient (Wildman–Crippen LogP) is 2.23. The standard InChI is InChI=1S/C11H18N2O2S/c1-11(2,3)15-10(14)13-6-9-4-8(5-12)7-16-9/h4,7H,5-6,12H2,1-3H3,(H,13,14). The average molecular weight is 242 g/mol. The van der Waals surface area contributed by atoms with Crippen molar-refractivity contribution < 1.29 is 9.53 Å². The number of hydrogen-bond donors (Lipinski definition) is 2. The summed E-state index contributed by atoms with van der Waals surface area (Å²) in [6.45, 7) is 6.53. The maximum atomic E-state index is 11.4. The van der Waals surface area contributed by atoms with Crippen molar-refractivity contribution in [1.82, 2.24) is 5.32 Å². The van der Waals surface area contributed by atoms with Gasteiger partial charge in [0.2, 0.25) is 0 Å². The van der Waals surface area contributed by atoms with E-state index in [1.54, 1.807) is 11.3 Å². The Morgan fingerprint density at radius 3 is 2.75 bits per heavy atom. The van der Waals surface area contributed by atoms with Gasteiger partial charge in [0, 0.05) is 11.4 Å². The quantitative estimate of drug-likeness (QED) is 0.854. The first-order chi connectivity index (χ1) is 7.40. The lowest BCUT2D eigenvalue weighted by Crippen LogP contribution is -2.31. The molecule has 0 radical (unpaired) electrons. The lowest BCUT2D eigenvalue weighted by atomic mass is 10.2. The van der Waals surface area contributed by atoms with Crippen LogP contribution in [0.2, 0.25) is 0 Å². The van der Waals surface area contributed by atoms with E-state index in [0.717, 1.165) is 10.4 Å². The second-order valence-corrected chi connectivity index (χ2v) is 5.48. The molecule has 0 spiro atoms. The third-order valence-electron chi connectivity index (χ3n) is 1.75. The summed E-state index contributed by atoms with van der Waals surface area (Å²) >= 11 is 1.58. The Bertz CT molecular complexity index is 355. The third-order valence-corrected chi connectivity index (χ3v) is 2.74. The number of nitrogens with one attached hydrogen (secondary N) is 1. The molecule has 0 aliphatic carbocycles. The Morgan fingerprint density at radius 1 is 1.56 bits per heavy atom. The smallest absolute Gasteiger partial charge is 0.407 e. The van der Waals surface area contributed by atoms with Gasteiger partial charge in [-0.2, -0.15) is 0 Å². The largest absolute Gasteiger partial charge is 0.444 e. The molecule has 4 nitrogen and oxygen atoms in total. The lowest BCUT2D eigenvalue weighted by molar-refractivity contribution is 0.0524. The molecule has 0 fully saturated rings. The Morgan fingerprint density at radius 2 is 2.25 bits per heavy atom. The maximum Gasteiger partial charge on any atom is 0.407 e. The molecular formula is C11H18N2O2S. The molecule has 0 bridgehead atoms. The molecule has 16 heavy (non-hydrogen) atoms. The fourth-order valence-corrected chi connectivity index (χ4v) is 1.94. The molecule has 0 unspecified atom stereocenters. The molecule has 1 rings (SSSR count). The molecule has 1 aromatic rings. The number of ether oxygens (including phenoxy) is 1. The van der Waals surface area contributed by atoms with E-state index >= 15 is 0 Å². The van der Waals surface area contributed by atoms with E-state index in [1.165, 1.54) is 0 Å². The molecule has 0 aliphatic heterocycles. The van der Waals surface area contributed by atoms with Crippen molar-refractivity contribution in [1.29, 1.82) is 0 Å². The van der Waals surface area contributed by atoms with Gasteiger partial charge >= 0.3 is 6.09 Å². The molecule has 1 aromatic heterocycles. The molecule has 1 amide bonds. The summed E-state index contributed by atoms with van der Waals surface area (Å²) in [5.74, 6) is 0. The predicted molar refractivity (Wildman–Crippen MR) is 65.3 cm³/mol. The van der Waals surface area contributed by atoms with Crippen LogP contribution in [0.15, 0.2) is 11.4 Å². The van der Waals surface area contributed by atoms with Gasteiger partial charge in [-0.1, -0.05) is 0 Å². The average Bonchev–Trinajstić information content (AvgIpc) is 2.59. The van der Waals surface area contributed by atoms with Gasteiger partial charge in [0.05, 0.1) is 6.54 Å². The highest BCUT2D eigenvalue weighted by molar-refractivity contribution is 7.10. The van der Waals surface area contributed by atoms with Crippen LogP contribution in [-0.2, 0) is 17.8 Å². The fourth-order valence-electron chi connectivity index (χ4n) is 1.10. The van der Waals surface area contributed by atoms with Gasteiger partial charge in [-0.25, -0.2) is 4.79 Å². The van der Waals surface area contributed by atoms with Crippen LogP contribution in [0.3, 0.4) is 0 Å². The van der Waals surface area contributed by atoms with Crippen LogP contribution in [0.1, 0.15) is 31.2 Å². The molecule has 0 saturated heterocycles. The van der Waals surface area contributed by atoms with Crippen molar-refractivity contribution >= 4 is 17.4 Å². The normalized spacial score (nSPS) is 11.2. The topological polar surface area (TPSA) is 64.3 Å². The molecule has 3 N–H and O–H groups in total. The zero-order valence-electron chi connectivity index (χ0n) is 9.87. The number of hydrogen-bond acceptors (Lipinski definition) is 4. The van der Waals surface area contributed by atoms with Crippen LogP contribution < -0.4 is 11.1 Å². The van der Waals surface area contributed by atoms with Crippen LogP contribution in [0, 0.1) is 0 Å². The number of rotatable bonds is 3. The summed E-state index contributed by atoms with van der Waals surface area (Å²) in [7, 11) is 0. The highest BCUT2D eigenvalue weighted by Gasteiger charge is 2.15. The summed E-state index contributed by atoms with van der Waals surface area (Å²) in [4.78, 5) is 12.4. The van der Waals surface area contributed by atoms with Crippen molar-refractivity contribution in [2.45, 2.75) is 39.5 Å². The second-order valence-electron chi connectivity index (χ2n) is 4.48. The highest BCUT2D eigenvalue weighted by atomic mass is 32.1. The molecular weight excluding hydrogens is 224 g/mol. The van der Waals surface area contributed by atoms with E-state index in [0.29, 0.717) is 13.1 Å². The van der Waals surface area contributed by atoms with E-state index in [1.807, 2.05) is 32.2 Å². The summed E-state index contributed by atoms with van der Waals surface area (Å²) < 4.78 is 5.12. The van der Waals surface area contributed by atoms with Crippen molar-refractivity contribution in [3.8, 4) is 0 Å². The molecule has 5 heteroatoms. The first kappa shape index (κ1) is 13.0. The third kappa shape index (κ3) is 4.63. The van der Waals surface area contributed by atoms with Crippen molar-refractivity contribution in [3.63, 3.8) is 0 Å². The minimum absolute atomic E-state index is 0.393. The van der Waals surface area contributed by atoms with Crippen molar-refractivity contribution in [2.75, 3.05) is 0 Å². The van der Waals surface area contributed by atoms with E-state index < -0.39 is 11.7 Å². The van der Waals surface area contributed by atoms with Crippen molar-refractivity contribution in [2.24, 2.45) is 5.73 Å². The zero-order valence-corrected chi connectivity index (χ0v) is 10.7. The Hall–Kier alpha value is -1.07. The lowest BCUT2D eigenvalue weighted by Gasteiger charge is -2.19. The van der Waals surface area contributed by atoms with Gasteiger partial charge in [0.1, 0.15) is 5.60 Å². The molecule has 90 valence electrons. The molecule has 0 aliphatic rings. The van der Waals surface area contributed by atoms with E-state index in [2.05, 4.69) is 5.32 Å². The highest BCUT2D eigenvalue weighted by Crippen LogP contribution is 2.14. The second kappa shape index (κ2) is 5.32. The van der Waals surface area contributed by atoms with Crippen LogP contribution in [-0.4, -0.2) is 11.7 Å². The first-order valence-electron chi connectivity index (χ1n) is 5.14. The number of carbonyl (C=O) groups is 1. The fraction of sp³-hybridized carbons (Fsp3) is 0.545. The molecule has 0 saturated carbocycles. The van der Waals surface area contributed by atoms with Crippen LogP contribution in [0.5, 0.6) is 0 Å². The van der Waals surface area contributed by atoms with Gasteiger partial charge in [-0.3, -0.25) is 0 Å². The number of thiophene rings is 1. The monoisotopic (exact) mass is 242 g/mol.